The molecule has 0 spiro atoms. The fraction of sp³-hybridized carbons (Fsp3) is 0.500. The standard InChI is InChI=1S/C12H17FN2O2S/c1-18(16,17)11-10(12(11,6-14)7-15)8-2-4-9(13)5-3-8/h2-5,10-11H,6-7,14-15H2,1H3/t10-,11-/m1/s1. The molecule has 2 rings (SSSR count). The Morgan fingerprint density at radius 3 is 2.06 bits per heavy atom. The van der Waals surface area contributed by atoms with E-state index in [0.29, 0.717) is 0 Å². The topological polar surface area (TPSA) is 86.2 Å². The Hall–Kier alpha value is -0.980. The fourth-order valence-electron chi connectivity index (χ4n) is 2.87. The van der Waals surface area contributed by atoms with Crippen molar-refractivity contribution in [3.8, 4) is 0 Å². The van der Waals surface area contributed by atoms with E-state index in [2.05, 4.69) is 0 Å². The Labute approximate surface area is 106 Å². The van der Waals surface area contributed by atoms with Crippen molar-refractivity contribution in [2.24, 2.45) is 16.9 Å². The minimum absolute atomic E-state index is 0.212. The lowest BCUT2D eigenvalue weighted by molar-refractivity contribution is 0.510. The first-order valence-corrected chi connectivity index (χ1v) is 7.67. The third-order valence-corrected chi connectivity index (χ3v) is 5.49. The molecule has 0 saturated heterocycles. The van der Waals surface area contributed by atoms with Gasteiger partial charge in [-0.05, 0) is 17.7 Å². The van der Waals surface area contributed by atoms with Crippen molar-refractivity contribution < 1.29 is 12.8 Å². The number of hydrogen-bond donors (Lipinski definition) is 2. The van der Waals surface area contributed by atoms with E-state index in [1.807, 2.05) is 0 Å². The van der Waals surface area contributed by atoms with Gasteiger partial charge in [0.2, 0.25) is 0 Å². The van der Waals surface area contributed by atoms with E-state index in [1.165, 1.54) is 18.4 Å². The molecule has 1 aliphatic rings. The van der Waals surface area contributed by atoms with E-state index in [1.54, 1.807) is 12.1 Å². The fourth-order valence-corrected chi connectivity index (χ4v) is 4.91. The normalized spacial score (nSPS) is 26.0. The molecule has 0 bridgehead atoms. The number of sulfone groups is 1. The first kappa shape index (κ1) is 13.5. The van der Waals surface area contributed by atoms with Crippen LogP contribution in [-0.4, -0.2) is 33.0 Å². The van der Waals surface area contributed by atoms with Gasteiger partial charge in [0.05, 0.1) is 5.25 Å². The van der Waals surface area contributed by atoms with Crippen LogP contribution in [0.15, 0.2) is 24.3 Å². The molecule has 2 atom stereocenters. The number of hydrogen-bond acceptors (Lipinski definition) is 4. The molecule has 0 amide bonds. The third-order valence-electron chi connectivity index (χ3n) is 3.83. The molecule has 0 aliphatic heterocycles. The van der Waals surface area contributed by atoms with Gasteiger partial charge in [0.1, 0.15) is 5.82 Å². The summed E-state index contributed by atoms with van der Waals surface area (Å²) in [5.74, 6) is -0.579. The second-order valence-corrected chi connectivity index (χ2v) is 7.09. The molecule has 0 aromatic heterocycles. The highest BCUT2D eigenvalue weighted by molar-refractivity contribution is 7.91. The summed E-state index contributed by atoms with van der Waals surface area (Å²) in [6.07, 6.45) is 1.20. The molecule has 1 aromatic carbocycles. The van der Waals surface area contributed by atoms with Crippen LogP contribution in [0.3, 0.4) is 0 Å². The molecule has 6 heteroatoms. The summed E-state index contributed by atoms with van der Waals surface area (Å²) in [5.41, 5.74) is 11.6. The molecule has 1 aliphatic carbocycles. The molecular formula is C12H17FN2O2S. The zero-order chi connectivity index (χ0) is 13.6. The maximum Gasteiger partial charge on any atom is 0.151 e. The van der Waals surface area contributed by atoms with Gasteiger partial charge in [0.15, 0.2) is 9.84 Å². The van der Waals surface area contributed by atoms with Crippen LogP contribution in [0.2, 0.25) is 0 Å². The van der Waals surface area contributed by atoms with Gasteiger partial charge in [-0.15, -0.1) is 0 Å². The molecular weight excluding hydrogens is 255 g/mol. The highest BCUT2D eigenvalue weighted by atomic mass is 32.2. The zero-order valence-electron chi connectivity index (χ0n) is 10.1. The van der Waals surface area contributed by atoms with Gasteiger partial charge < -0.3 is 11.5 Å². The van der Waals surface area contributed by atoms with E-state index in [-0.39, 0.29) is 24.8 Å². The van der Waals surface area contributed by atoms with Gasteiger partial charge in [0.25, 0.3) is 0 Å². The number of rotatable bonds is 4. The van der Waals surface area contributed by atoms with Gasteiger partial charge in [-0.3, -0.25) is 0 Å². The Morgan fingerprint density at radius 2 is 1.72 bits per heavy atom. The van der Waals surface area contributed by atoms with Crippen LogP contribution >= 0.6 is 0 Å². The van der Waals surface area contributed by atoms with E-state index in [0.717, 1.165) is 5.56 Å². The SMILES string of the molecule is CS(=O)(=O)[C@@H]1[C@@H](c2ccc(F)cc2)C1(CN)CN. The summed E-state index contributed by atoms with van der Waals surface area (Å²) < 4.78 is 36.5. The summed E-state index contributed by atoms with van der Waals surface area (Å²) in [6.45, 7) is 0.423. The van der Waals surface area contributed by atoms with Gasteiger partial charge in [-0.25, -0.2) is 12.8 Å². The first-order chi connectivity index (χ1) is 8.36. The van der Waals surface area contributed by atoms with Crippen LogP contribution in [0.1, 0.15) is 11.5 Å². The van der Waals surface area contributed by atoms with Gasteiger partial charge in [-0.1, -0.05) is 12.1 Å². The second kappa shape index (κ2) is 4.29. The van der Waals surface area contributed by atoms with Crippen LogP contribution < -0.4 is 11.5 Å². The Bertz CT molecular complexity index is 538. The predicted octanol–water partition coefficient (Wildman–Crippen LogP) is 0.240. The first-order valence-electron chi connectivity index (χ1n) is 5.71. The minimum atomic E-state index is -3.22. The van der Waals surface area contributed by atoms with Gasteiger partial charge in [0, 0.05) is 30.7 Å². The Morgan fingerprint density at radius 1 is 1.22 bits per heavy atom. The molecule has 0 unspecified atom stereocenters. The summed E-state index contributed by atoms with van der Waals surface area (Å²) in [5, 5.41) is -0.564. The van der Waals surface area contributed by atoms with Crippen LogP contribution in [0.5, 0.6) is 0 Å². The van der Waals surface area contributed by atoms with Crippen LogP contribution in [0.4, 0.5) is 4.39 Å². The molecule has 100 valence electrons. The summed E-state index contributed by atoms with van der Waals surface area (Å²) >= 11 is 0. The van der Waals surface area contributed by atoms with Crippen LogP contribution in [0.25, 0.3) is 0 Å². The minimum Gasteiger partial charge on any atom is -0.330 e. The smallest absolute Gasteiger partial charge is 0.151 e. The average molecular weight is 272 g/mol. The van der Waals surface area contributed by atoms with Gasteiger partial charge >= 0.3 is 0 Å². The largest absolute Gasteiger partial charge is 0.330 e. The van der Waals surface area contributed by atoms with Crippen molar-refractivity contribution in [3.63, 3.8) is 0 Å². The van der Waals surface area contributed by atoms with Crippen molar-refractivity contribution >= 4 is 9.84 Å². The van der Waals surface area contributed by atoms with E-state index in [9.17, 15) is 12.8 Å². The van der Waals surface area contributed by atoms with Crippen molar-refractivity contribution in [2.45, 2.75) is 11.2 Å². The third kappa shape index (κ3) is 1.94. The van der Waals surface area contributed by atoms with Crippen LogP contribution in [0, 0.1) is 11.2 Å². The Balaban J connectivity index is 2.41. The molecule has 1 aromatic rings. The highest BCUT2D eigenvalue weighted by Crippen LogP contribution is 2.61. The van der Waals surface area contributed by atoms with Gasteiger partial charge in [-0.2, -0.15) is 0 Å². The zero-order valence-corrected chi connectivity index (χ0v) is 11.0. The van der Waals surface area contributed by atoms with E-state index < -0.39 is 20.5 Å². The average Bonchev–Trinajstić information content (AvgIpc) is 3.00. The van der Waals surface area contributed by atoms with Crippen molar-refractivity contribution in [1.29, 1.82) is 0 Å². The lowest BCUT2D eigenvalue weighted by Gasteiger charge is -2.11. The molecule has 4 nitrogen and oxygen atoms in total. The maximum absolute atomic E-state index is 12.9. The predicted molar refractivity (Wildman–Crippen MR) is 68.3 cm³/mol. The summed E-state index contributed by atoms with van der Waals surface area (Å²) in [7, 11) is -3.22. The van der Waals surface area contributed by atoms with Crippen molar-refractivity contribution in [2.75, 3.05) is 19.3 Å². The Kier molecular flexibility index (Phi) is 3.21. The molecule has 0 radical (unpaired) electrons. The summed E-state index contributed by atoms with van der Waals surface area (Å²) in [4.78, 5) is 0. The van der Waals surface area contributed by atoms with Crippen molar-refractivity contribution in [3.05, 3.63) is 35.6 Å². The highest BCUT2D eigenvalue weighted by Gasteiger charge is 2.68. The molecule has 1 saturated carbocycles. The van der Waals surface area contributed by atoms with E-state index in [4.69, 9.17) is 11.5 Å². The number of halogens is 1. The monoisotopic (exact) mass is 272 g/mol. The molecule has 18 heavy (non-hydrogen) atoms. The van der Waals surface area contributed by atoms with E-state index >= 15 is 0 Å². The van der Waals surface area contributed by atoms with Crippen LogP contribution in [-0.2, 0) is 9.84 Å². The molecule has 1 fully saturated rings. The molecule has 0 heterocycles. The number of nitrogens with two attached hydrogens (primary N) is 2. The number of benzene rings is 1. The maximum atomic E-state index is 12.9. The summed E-state index contributed by atoms with van der Waals surface area (Å²) in [6, 6.07) is 5.85. The lowest BCUT2D eigenvalue weighted by Crippen LogP contribution is -2.31. The quantitative estimate of drug-likeness (QED) is 0.822. The second-order valence-electron chi connectivity index (χ2n) is 4.92. The van der Waals surface area contributed by atoms with Crippen molar-refractivity contribution in [1.82, 2.24) is 0 Å². The molecule has 4 N–H and O–H groups in total. The lowest BCUT2D eigenvalue weighted by atomic mass is 9.99.